The highest BCUT2D eigenvalue weighted by Gasteiger charge is 2.52. The molecule has 0 atom stereocenters. The SMILES string of the molecule is CC1(C)OB(C(=Cc2ccccc2OCC(=O)NN)CS)OC1(C)C. The number of hydrogen-bond acceptors (Lipinski definition) is 6. The third-order valence-electron chi connectivity index (χ3n) is 4.52. The predicted molar refractivity (Wildman–Crippen MR) is 102 cm³/mol. The van der Waals surface area contributed by atoms with E-state index in [0.717, 1.165) is 11.0 Å². The predicted octanol–water partition coefficient (Wildman–Crippen LogP) is 2.00. The fourth-order valence-corrected chi connectivity index (χ4v) is 2.54. The van der Waals surface area contributed by atoms with Crippen molar-refractivity contribution < 1.29 is 18.8 Å². The van der Waals surface area contributed by atoms with Crippen LogP contribution in [0.1, 0.15) is 33.3 Å². The standard InChI is InChI=1S/C17H25BN2O4S/c1-16(2)17(3,4)24-18(23-16)13(11-25)9-12-7-5-6-8-14(12)22-10-15(21)20-19/h5-9,25H,10-11,19H2,1-4H3,(H,20,21). The van der Waals surface area contributed by atoms with Gasteiger partial charge in [0.2, 0.25) is 0 Å². The Kier molecular flexibility index (Phi) is 6.21. The number of nitrogens with two attached hydrogens (primary N) is 1. The number of carbonyl (C=O) groups is 1. The lowest BCUT2D eigenvalue weighted by atomic mass is 9.78. The molecule has 6 nitrogen and oxygen atoms in total. The molecule has 0 radical (unpaired) electrons. The van der Waals surface area contributed by atoms with E-state index >= 15 is 0 Å². The number of hydrogen-bond donors (Lipinski definition) is 3. The number of nitrogens with one attached hydrogen (secondary N) is 1. The number of ether oxygens (including phenoxy) is 1. The highest BCUT2D eigenvalue weighted by Crippen LogP contribution is 2.39. The fourth-order valence-electron chi connectivity index (χ4n) is 2.30. The molecule has 136 valence electrons. The zero-order valence-corrected chi connectivity index (χ0v) is 15.9. The second-order valence-electron chi connectivity index (χ2n) is 6.86. The van der Waals surface area contributed by atoms with Crippen molar-refractivity contribution in [1.29, 1.82) is 0 Å². The van der Waals surface area contributed by atoms with Crippen LogP contribution in [-0.4, -0.2) is 36.6 Å². The summed E-state index contributed by atoms with van der Waals surface area (Å²) in [6, 6.07) is 7.41. The van der Waals surface area contributed by atoms with Crippen molar-refractivity contribution >= 4 is 31.7 Å². The van der Waals surface area contributed by atoms with E-state index in [2.05, 4.69) is 12.6 Å². The highest BCUT2D eigenvalue weighted by molar-refractivity contribution is 7.80. The molecular weight excluding hydrogens is 339 g/mol. The maximum atomic E-state index is 11.3. The smallest absolute Gasteiger partial charge is 0.483 e. The summed E-state index contributed by atoms with van der Waals surface area (Å²) >= 11 is 4.42. The molecule has 25 heavy (non-hydrogen) atoms. The molecule has 0 saturated carbocycles. The largest absolute Gasteiger partial charge is 0.491 e. The molecule has 2 rings (SSSR count). The molecule has 0 unspecified atom stereocenters. The first-order valence-corrected chi connectivity index (χ1v) is 8.71. The van der Waals surface area contributed by atoms with Gasteiger partial charge in [-0.05, 0) is 39.2 Å². The Labute approximate surface area is 154 Å². The summed E-state index contributed by atoms with van der Waals surface area (Å²) in [6.45, 7) is 7.86. The maximum Gasteiger partial charge on any atom is 0.491 e. The van der Waals surface area contributed by atoms with Crippen LogP contribution in [0.4, 0.5) is 0 Å². The Bertz CT molecular complexity index is 648. The number of benzene rings is 1. The summed E-state index contributed by atoms with van der Waals surface area (Å²) in [5, 5.41) is 0. The van der Waals surface area contributed by atoms with E-state index < -0.39 is 24.2 Å². The van der Waals surface area contributed by atoms with Crippen molar-refractivity contribution in [2.75, 3.05) is 12.4 Å². The van der Waals surface area contributed by atoms with Crippen LogP contribution in [0.3, 0.4) is 0 Å². The summed E-state index contributed by atoms with van der Waals surface area (Å²) in [5.41, 5.74) is 2.88. The van der Waals surface area contributed by atoms with Gasteiger partial charge in [0.15, 0.2) is 6.61 Å². The van der Waals surface area contributed by atoms with Gasteiger partial charge in [0.25, 0.3) is 5.91 Å². The van der Waals surface area contributed by atoms with E-state index in [1.54, 1.807) is 6.07 Å². The van der Waals surface area contributed by atoms with E-state index in [4.69, 9.17) is 19.9 Å². The molecule has 1 heterocycles. The van der Waals surface area contributed by atoms with Gasteiger partial charge >= 0.3 is 7.12 Å². The van der Waals surface area contributed by atoms with Crippen molar-refractivity contribution in [2.24, 2.45) is 5.84 Å². The third-order valence-corrected chi connectivity index (χ3v) is 4.88. The second kappa shape index (κ2) is 7.82. The Hall–Kier alpha value is -1.48. The zero-order valence-electron chi connectivity index (χ0n) is 15.0. The van der Waals surface area contributed by atoms with Gasteiger partial charge in [0.05, 0.1) is 11.2 Å². The molecule has 0 spiro atoms. The van der Waals surface area contributed by atoms with Crippen LogP contribution in [-0.2, 0) is 14.1 Å². The number of para-hydroxylation sites is 1. The van der Waals surface area contributed by atoms with Crippen LogP contribution < -0.4 is 16.0 Å². The van der Waals surface area contributed by atoms with Gasteiger partial charge in [0, 0.05) is 11.3 Å². The summed E-state index contributed by atoms with van der Waals surface area (Å²) < 4.78 is 17.7. The van der Waals surface area contributed by atoms with Gasteiger partial charge < -0.3 is 14.0 Å². The van der Waals surface area contributed by atoms with Crippen molar-refractivity contribution in [3.05, 3.63) is 35.3 Å². The monoisotopic (exact) mass is 364 g/mol. The number of hydrazine groups is 1. The van der Waals surface area contributed by atoms with Crippen LogP contribution in [0, 0.1) is 0 Å². The van der Waals surface area contributed by atoms with E-state index in [1.807, 2.05) is 57.4 Å². The molecule has 3 N–H and O–H groups in total. The molecule has 8 heteroatoms. The van der Waals surface area contributed by atoms with Crippen LogP contribution in [0.5, 0.6) is 5.75 Å². The number of carbonyl (C=O) groups excluding carboxylic acids is 1. The van der Waals surface area contributed by atoms with Gasteiger partial charge in [-0.3, -0.25) is 10.2 Å². The van der Waals surface area contributed by atoms with Gasteiger partial charge in [-0.25, -0.2) is 5.84 Å². The minimum atomic E-state index is -0.483. The number of rotatable bonds is 6. The van der Waals surface area contributed by atoms with E-state index in [-0.39, 0.29) is 6.61 Å². The Balaban J connectivity index is 2.24. The summed E-state index contributed by atoms with van der Waals surface area (Å²) in [4.78, 5) is 11.3. The quantitative estimate of drug-likeness (QED) is 0.236. The van der Waals surface area contributed by atoms with Crippen LogP contribution in [0.2, 0.25) is 0 Å². The van der Waals surface area contributed by atoms with Crippen LogP contribution in [0.25, 0.3) is 6.08 Å². The van der Waals surface area contributed by atoms with E-state index in [9.17, 15) is 4.79 Å². The highest BCUT2D eigenvalue weighted by atomic mass is 32.1. The van der Waals surface area contributed by atoms with E-state index in [0.29, 0.717) is 11.5 Å². The first-order valence-electron chi connectivity index (χ1n) is 8.08. The first kappa shape index (κ1) is 19.8. The first-order chi connectivity index (χ1) is 11.7. The minimum Gasteiger partial charge on any atom is -0.483 e. The van der Waals surface area contributed by atoms with E-state index in [1.165, 1.54) is 0 Å². The normalized spacial score (nSPS) is 19.0. The third kappa shape index (κ3) is 4.58. The van der Waals surface area contributed by atoms with Gasteiger partial charge in [0.1, 0.15) is 5.75 Å². The Morgan fingerprint density at radius 2 is 1.88 bits per heavy atom. The molecular formula is C17H25BN2O4S. The van der Waals surface area contributed by atoms with Gasteiger partial charge in [-0.2, -0.15) is 12.6 Å². The molecule has 1 aliphatic rings. The molecule has 1 aliphatic heterocycles. The topological polar surface area (TPSA) is 82.8 Å². The molecule has 1 aromatic carbocycles. The maximum absolute atomic E-state index is 11.3. The van der Waals surface area contributed by atoms with Crippen molar-refractivity contribution in [3.63, 3.8) is 0 Å². The Morgan fingerprint density at radius 1 is 1.28 bits per heavy atom. The minimum absolute atomic E-state index is 0.159. The fraction of sp³-hybridized carbons (Fsp3) is 0.471. The molecule has 1 amide bonds. The molecule has 0 bridgehead atoms. The zero-order chi connectivity index (χ0) is 18.7. The van der Waals surface area contributed by atoms with Gasteiger partial charge in [-0.15, -0.1) is 0 Å². The molecule has 1 fully saturated rings. The number of thiol groups is 1. The number of amides is 1. The Morgan fingerprint density at radius 3 is 2.44 bits per heavy atom. The molecule has 0 aromatic heterocycles. The lowest BCUT2D eigenvalue weighted by Crippen LogP contribution is -2.41. The average molecular weight is 364 g/mol. The average Bonchev–Trinajstić information content (AvgIpc) is 2.78. The van der Waals surface area contributed by atoms with Gasteiger partial charge in [-0.1, -0.05) is 24.3 Å². The molecule has 1 aromatic rings. The second-order valence-corrected chi connectivity index (χ2v) is 7.18. The lowest BCUT2D eigenvalue weighted by molar-refractivity contribution is -0.123. The summed E-state index contributed by atoms with van der Waals surface area (Å²) in [6.07, 6.45) is 1.92. The van der Waals surface area contributed by atoms with Crippen LogP contribution in [0.15, 0.2) is 29.7 Å². The lowest BCUT2D eigenvalue weighted by Gasteiger charge is -2.32. The summed E-state index contributed by atoms with van der Waals surface area (Å²) in [5.74, 6) is 5.71. The molecule has 1 saturated heterocycles. The van der Waals surface area contributed by atoms with Crippen molar-refractivity contribution in [3.8, 4) is 5.75 Å². The molecule has 0 aliphatic carbocycles. The van der Waals surface area contributed by atoms with Crippen LogP contribution >= 0.6 is 12.6 Å². The summed E-state index contributed by atoms with van der Waals surface area (Å²) in [7, 11) is -0.483. The van der Waals surface area contributed by atoms with Crippen molar-refractivity contribution in [2.45, 2.75) is 38.9 Å². The van der Waals surface area contributed by atoms with Crippen molar-refractivity contribution in [1.82, 2.24) is 5.43 Å².